The Labute approximate surface area is 257 Å². The minimum absolute atomic E-state index is 0. The highest BCUT2D eigenvalue weighted by Gasteiger charge is 2.16. The summed E-state index contributed by atoms with van der Waals surface area (Å²) in [7, 11) is 3.34. The van der Waals surface area contributed by atoms with Crippen LogP contribution in [0.4, 0.5) is 5.69 Å². The summed E-state index contributed by atoms with van der Waals surface area (Å²) >= 11 is 1.68. The molecule has 4 rings (SSSR count). The lowest BCUT2D eigenvalue weighted by Gasteiger charge is -2.26. The molecule has 0 unspecified atom stereocenters. The SMILES string of the molecule is Br.CCOC(=O)c1ccc(N=C(SCc2ccccc2)N(Cc2ccc(OC)cc2)Cc2ccc(OC)cc2)cc1. The smallest absolute Gasteiger partial charge is 0.338 e. The third kappa shape index (κ3) is 9.69. The van der Waals surface area contributed by atoms with Crippen LogP contribution in [0.3, 0.4) is 0 Å². The molecule has 4 aromatic rings. The maximum Gasteiger partial charge on any atom is 0.338 e. The van der Waals surface area contributed by atoms with Crippen LogP contribution in [0.25, 0.3) is 0 Å². The molecule has 8 heteroatoms. The Balaban J connectivity index is 0.00000462. The van der Waals surface area contributed by atoms with E-state index in [2.05, 4.69) is 41.3 Å². The molecule has 0 radical (unpaired) electrons. The number of hydrogen-bond acceptors (Lipinski definition) is 6. The number of hydrogen-bond donors (Lipinski definition) is 0. The number of ether oxygens (including phenoxy) is 3. The molecule has 41 heavy (non-hydrogen) atoms. The van der Waals surface area contributed by atoms with Crippen LogP contribution in [-0.2, 0) is 23.6 Å². The number of carbonyl (C=O) groups is 1. The highest BCUT2D eigenvalue weighted by molar-refractivity contribution is 8.93. The Kier molecular flexibility index (Phi) is 12.8. The molecular formula is C33H35BrN2O4S. The Bertz CT molecular complexity index is 1330. The average Bonchev–Trinajstić information content (AvgIpc) is 3.00. The van der Waals surface area contributed by atoms with Gasteiger partial charge in [0.15, 0.2) is 5.17 Å². The van der Waals surface area contributed by atoms with E-state index in [9.17, 15) is 4.79 Å². The fraction of sp³-hybridized carbons (Fsp3) is 0.212. The van der Waals surface area contributed by atoms with Gasteiger partial charge in [0.05, 0.1) is 32.1 Å². The molecule has 0 spiro atoms. The Morgan fingerprint density at radius 1 is 0.732 bits per heavy atom. The van der Waals surface area contributed by atoms with Crippen molar-refractivity contribution in [2.45, 2.75) is 25.8 Å². The summed E-state index contributed by atoms with van der Waals surface area (Å²) in [5.74, 6) is 2.07. The van der Waals surface area contributed by atoms with Crippen LogP contribution < -0.4 is 9.47 Å². The normalized spacial score (nSPS) is 10.9. The van der Waals surface area contributed by atoms with Gasteiger partial charge >= 0.3 is 5.97 Å². The van der Waals surface area contributed by atoms with Crippen molar-refractivity contribution >= 4 is 45.6 Å². The lowest BCUT2D eigenvalue weighted by molar-refractivity contribution is 0.0526. The van der Waals surface area contributed by atoms with Crippen molar-refractivity contribution in [3.63, 3.8) is 0 Å². The predicted molar refractivity (Wildman–Crippen MR) is 173 cm³/mol. The Morgan fingerprint density at radius 2 is 1.27 bits per heavy atom. The molecule has 0 aliphatic rings. The van der Waals surface area contributed by atoms with E-state index in [0.29, 0.717) is 25.3 Å². The van der Waals surface area contributed by atoms with E-state index in [1.165, 1.54) is 5.56 Å². The van der Waals surface area contributed by atoms with E-state index in [0.717, 1.165) is 39.2 Å². The zero-order valence-electron chi connectivity index (χ0n) is 23.5. The molecule has 0 bridgehead atoms. The average molecular weight is 636 g/mol. The molecule has 4 aromatic carbocycles. The fourth-order valence-electron chi connectivity index (χ4n) is 4.01. The van der Waals surface area contributed by atoms with E-state index < -0.39 is 0 Å². The zero-order chi connectivity index (χ0) is 28.2. The number of carbonyl (C=O) groups excluding carboxylic acids is 1. The first-order valence-electron chi connectivity index (χ1n) is 13.1. The van der Waals surface area contributed by atoms with Crippen LogP contribution in [0, 0.1) is 0 Å². The second-order valence-electron chi connectivity index (χ2n) is 8.99. The Morgan fingerprint density at radius 3 is 1.76 bits per heavy atom. The molecule has 0 saturated heterocycles. The number of methoxy groups -OCH3 is 2. The first-order chi connectivity index (χ1) is 19.6. The second kappa shape index (κ2) is 16.5. The van der Waals surface area contributed by atoms with E-state index in [4.69, 9.17) is 19.2 Å². The highest BCUT2D eigenvalue weighted by Crippen LogP contribution is 2.26. The molecule has 214 valence electrons. The lowest BCUT2D eigenvalue weighted by atomic mass is 10.1. The van der Waals surface area contributed by atoms with Gasteiger partial charge in [-0.3, -0.25) is 0 Å². The van der Waals surface area contributed by atoms with Gasteiger partial charge in [-0.2, -0.15) is 0 Å². The van der Waals surface area contributed by atoms with Crippen molar-refractivity contribution in [2.75, 3.05) is 20.8 Å². The van der Waals surface area contributed by atoms with Gasteiger partial charge in [0, 0.05) is 18.8 Å². The lowest BCUT2D eigenvalue weighted by Crippen LogP contribution is -2.28. The van der Waals surface area contributed by atoms with Gasteiger partial charge in [0.25, 0.3) is 0 Å². The van der Waals surface area contributed by atoms with E-state index in [1.54, 1.807) is 45.0 Å². The maximum atomic E-state index is 12.2. The van der Waals surface area contributed by atoms with Crippen LogP contribution in [0.15, 0.2) is 108 Å². The number of halogens is 1. The quantitative estimate of drug-likeness (QED) is 0.0944. The molecule has 0 aliphatic heterocycles. The van der Waals surface area contributed by atoms with Crippen molar-refractivity contribution in [1.82, 2.24) is 4.90 Å². The van der Waals surface area contributed by atoms with Gasteiger partial charge in [0.2, 0.25) is 0 Å². The van der Waals surface area contributed by atoms with Gasteiger partial charge in [-0.25, -0.2) is 9.79 Å². The number of amidine groups is 1. The minimum atomic E-state index is -0.336. The third-order valence-electron chi connectivity index (χ3n) is 6.15. The number of thioether (sulfide) groups is 1. The monoisotopic (exact) mass is 634 g/mol. The molecule has 0 fully saturated rings. The summed E-state index contributed by atoms with van der Waals surface area (Å²) in [4.78, 5) is 19.5. The van der Waals surface area contributed by atoms with Gasteiger partial charge in [-0.1, -0.05) is 66.4 Å². The summed E-state index contributed by atoms with van der Waals surface area (Å²) in [6.45, 7) is 3.44. The minimum Gasteiger partial charge on any atom is -0.497 e. The summed E-state index contributed by atoms with van der Waals surface area (Å²) in [5, 5.41) is 0.874. The molecule has 0 heterocycles. The highest BCUT2D eigenvalue weighted by atomic mass is 79.9. The summed E-state index contributed by atoms with van der Waals surface area (Å²) < 4.78 is 15.9. The standard InChI is InChI=1S/C33H34N2O4S.BrH/c1-4-39-32(36)28-14-16-29(17-15-28)34-33(40-24-27-8-6-5-7-9-27)35(22-25-10-18-30(37-2)19-11-25)23-26-12-20-31(38-3)21-13-26;/h5-21H,4,22-24H2,1-3H3;1H. The number of benzene rings is 4. The molecule has 0 aromatic heterocycles. The van der Waals surface area contributed by atoms with Crippen LogP contribution in [0.1, 0.15) is 34.0 Å². The van der Waals surface area contributed by atoms with Crippen LogP contribution in [-0.4, -0.2) is 36.9 Å². The van der Waals surface area contributed by atoms with Crippen molar-refractivity contribution in [2.24, 2.45) is 4.99 Å². The van der Waals surface area contributed by atoms with Gasteiger partial charge in [0.1, 0.15) is 11.5 Å². The van der Waals surface area contributed by atoms with Crippen molar-refractivity contribution in [1.29, 1.82) is 0 Å². The predicted octanol–water partition coefficient (Wildman–Crippen LogP) is 8.08. The molecule has 0 N–H and O–H groups in total. The zero-order valence-corrected chi connectivity index (χ0v) is 26.0. The molecule has 0 atom stereocenters. The topological polar surface area (TPSA) is 60.4 Å². The summed E-state index contributed by atoms with van der Waals surface area (Å²) in [6.07, 6.45) is 0. The van der Waals surface area contributed by atoms with Gasteiger partial charge in [-0.15, -0.1) is 17.0 Å². The summed E-state index contributed by atoms with van der Waals surface area (Å²) in [5.41, 5.74) is 4.76. The Hall–Kier alpha value is -3.75. The van der Waals surface area contributed by atoms with E-state index in [-0.39, 0.29) is 23.0 Å². The molecule has 0 amide bonds. The largest absolute Gasteiger partial charge is 0.497 e. The van der Waals surface area contributed by atoms with Crippen LogP contribution >= 0.6 is 28.7 Å². The van der Waals surface area contributed by atoms with Crippen molar-refractivity contribution in [3.8, 4) is 11.5 Å². The maximum absolute atomic E-state index is 12.2. The van der Waals surface area contributed by atoms with Crippen molar-refractivity contribution < 1.29 is 19.0 Å². The molecule has 6 nitrogen and oxygen atoms in total. The van der Waals surface area contributed by atoms with Crippen LogP contribution in [0.2, 0.25) is 0 Å². The van der Waals surface area contributed by atoms with Gasteiger partial charge in [-0.05, 0) is 72.1 Å². The number of aliphatic imine (C=N–C) groups is 1. The first kappa shape index (κ1) is 31.8. The number of esters is 1. The first-order valence-corrected chi connectivity index (χ1v) is 14.1. The second-order valence-corrected chi connectivity index (χ2v) is 9.93. The van der Waals surface area contributed by atoms with Crippen LogP contribution in [0.5, 0.6) is 11.5 Å². The molecule has 0 aliphatic carbocycles. The van der Waals surface area contributed by atoms with E-state index in [1.807, 2.05) is 54.6 Å². The van der Waals surface area contributed by atoms with Gasteiger partial charge < -0.3 is 19.1 Å². The third-order valence-corrected chi connectivity index (χ3v) is 7.23. The number of nitrogens with zero attached hydrogens (tertiary/aromatic N) is 2. The fourth-order valence-corrected chi connectivity index (χ4v) is 4.98. The molecular weight excluding hydrogens is 600 g/mol. The van der Waals surface area contributed by atoms with E-state index >= 15 is 0 Å². The van der Waals surface area contributed by atoms with Crippen molar-refractivity contribution in [3.05, 3.63) is 125 Å². The number of rotatable bonds is 11. The molecule has 0 saturated carbocycles. The summed E-state index contributed by atoms with van der Waals surface area (Å²) in [6, 6.07) is 33.8.